The van der Waals surface area contributed by atoms with Crippen LogP contribution in [0.1, 0.15) is 34.3 Å². The standard InChI is InChI=1S/C21H25BrN4O.HI/c1-23-19(27)16-6-3-5-15(11-16)13-25-20(24-2)26-14-21(9-10-21)17-7-4-8-18(22)12-17;/h3-8,11-12H,9-10,13-14H2,1-2H3,(H,23,27)(H2,24,25,26);1H. The molecule has 0 heterocycles. The number of carbonyl (C=O) groups excluding carboxylic acids is 1. The lowest BCUT2D eigenvalue weighted by atomic mass is 9.96. The van der Waals surface area contributed by atoms with Gasteiger partial charge < -0.3 is 16.0 Å². The van der Waals surface area contributed by atoms with E-state index in [0.29, 0.717) is 12.1 Å². The maximum Gasteiger partial charge on any atom is 0.251 e. The summed E-state index contributed by atoms with van der Waals surface area (Å²) in [5.74, 6) is 0.686. The van der Waals surface area contributed by atoms with Gasteiger partial charge in [0.25, 0.3) is 5.91 Å². The molecule has 3 N–H and O–H groups in total. The number of halogens is 2. The predicted octanol–water partition coefficient (Wildman–Crippen LogP) is 3.82. The van der Waals surface area contributed by atoms with Crippen molar-refractivity contribution in [2.24, 2.45) is 4.99 Å². The molecule has 1 aliphatic carbocycles. The number of rotatable bonds is 6. The summed E-state index contributed by atoms with van der Waals surface area (Å²) in [6.45, 7) is 1.45. The van der Waals surface area contributed by atoms with Crippen molar-refractivity contribution in [3.05, 3.63) is 69.7 Å². The van der Waals surface area contributed by atoms with Gasteiger partial charge >= 0.3 is 0 Å². The number of carbonyl (C=O) groups is 1. The molecule has 3 rings (SSSR count). The SMILES string of the molecule is CN=C(NCc1cccc(C(=O)NC)c1)NCC1(c2cccc(Br)c2)CC1.I. The lowest BCUT2D eigenvalue weighted by Crippen LogP contribution is -2.40. The molecule has 0 atom stereocenters. The van der Waals surface area contributed by atoms with E-state index in [0.717, 1.165) is 22.5 Å². The van der Waals surface area contributed by atoms with Crippen LogP contribution >= 0.6 is 39.9 Å². The minimum Gasteiger partial charge on any atom is -0.356 e. The molecular weight excluding hydrogens is 531 g/mol. The van der Waals surface area contributed by atoms with Gasteiger partial charge in [0, 0.05) is 42.6 Å². The Morgan fingerprint density at radius 2 is 1.89 bits per heavy atom. The second-order valence-corrected chi connectivity index (χ2v) is 7.77. The molecule has 0 bridgehead atoms. The molecule has 5 nitrogen and oxygen atoms in total. The highest BCUT2D eigenvalue weighted by Gasteiger charge is 2.44. The average Bonchev–Trinajstić information content (AvgIpc) is 3.49. The Morgan fingerprint density at radius 3 is 2.54 bits per heavy atom. The summed E-state index contributed by atoms with van der Waals surface area (Å²) in [4.78, 5) is 16.1. The topological polar surface area (TPSA) is 65.5 Å². The van der Waals surface area contributed by atoms with Crippen molar-refractivity contribution in [3.63, 3.8) is 0 Å². The van der Waals surface area contributed by atoms with E-state index in [-0.39, 0.29) is 35.3 Å². The third-order valence-electron chi connectivity index (χ3n) is 4.98. The molecular formula is C21H26BrIN4O. The fraction of sp³-hybridized carbons (Fsp3) is 0.333. The summed E-state index contributed by atoms with van der Waals surface area (Å²) in [6, 6.07) is 16.1. The average molecular weight is 557 g/mol. The fourth-order valence-electron chi connectivity index (χ4n) is 3.16. The van der Waals surface area contributed by atoms with Crippen LogP contribution in [0.15, 0.2) is 58.0 Å². The van der Waals surface area contributed by atoms with Gasteiger partial charge in [-0.1, -0.05) is 40.2 Å². The van der Waals surface area contributed by atoms with Crippen molar-refractivity contribution < 1.29 is 4.79 Å². The van der Waals surface area contributed by atoms with E-state index in [4.69, 9.17) is 0 Å². The van der Waals surface area contributed by atoms with Gasteiger partial charge in [0.15, 0.2) is 5.96 Å². The zero-order valence-electron chi connectivity index (χ0n) is 16.1. The largest absolute Gasteiger partial charge is 0.356 e. The molecule has 2 aromatic carbocycles. The van der Waals surface area contributed by atoms with Gasteiger partial charge in [0.2, 0.25) is 0 Å². The van der Waals surface area contributed by atoms with E-state index in [1.165, 1.54) is 18.4 Å². The van der Waals surface area contributed by atoms with Gasteiger partial charge in [0.05, 0.1) is 0 Å². The Labute approximate surface area is 191 Å². The van der Waals surface area contributed by atoms with Crippen molar-refractivity contribution in [1.29, 1.82) is 0 Å². The lowest BCUT2D eigenvalue weighted by molar-refractivity contribution is 0.0963. The van der Waals surface area contributed by atoms with Crippen molar-refractivity contribution >= 4 is 51.8 Å². The summed E-state index contributed by atoms with van der Waals surface area (Å²) >= 11 is 3.56. The molecule has 2 aromatic rings. The van der Waals surface area contributed by atoms with Crippen LogP contribution in [0.5, 0.6) is 0 Å². The highest BCUT2D eigenvalue weighted by atomic mass is 127. The zero-order chi connectivity index (χ0) is 19.3. The van der Waals surface area contributed by atoms with E-state index in [1.807, 2.05) is 24.3 Å². The Hall–Kier alpha value is -1.61. The third kappa shape index (κ3) is 5.70. The minimum absolute atomic E-state index is 0. The Morgan fingerprint density at radius 1 is 1.14 bits per heavy atom. The third-order valence-corrected chi connectivity index (χ3v) is 5.48. The maximum atomic E-state index is 11.8. The van der Waals surface area contributed by atoms with Crippen LogP contribution in [0.3, 0.4) is 0 Å². The first-order valence-electron chi connectivity index (χ1n) is 9.08. The number of benzene rings is 2. The van der Waals surface area contributed by atoms with E-state index in [1.54, 1.807) is 14.1 Å². The predicted molar refractivity (Wildman–Crippen MR) is 129 cm³/mol. The van der Waals surface area contributed by atoms with E-state index >= 15 is 0 Å². The first-order valence-corrected chi connectivity index (χ1v) is 9.87. The molecule has 1 saturated carbocycles. The summed E-state index contributed by atoms with van der Waals surface area (Å²) in [5, 5.41) is 9.43. The zero-order valence-corrected chi connectivity index (χ0v) is 20.0. The smallest absolute Gasteiger partial charge is 0.251 e. The van der Waals surface area contributed by atoms with Gasteiger partial charge in [-0.05, 0) is 48.2 Å². The highest BCUT2D eigenvalue weighted by molar-refractivity contribution is 14.0. The Balaban J connectivity index is 0.00000280. The maximum absolute atomic E-state index is 11.8. The van der Waals surface area contributed by atoms with Crippen LogP contribution in [-0.4, -0.2) is 32.5 Å². The molecule has 0 aromatic heterocycles. The van der Waals surface area contributed by atoms with Gasteiger partial charge in [-0.2, -0.15) is 0 Å². The van der Waals surface area contributed by atoms with Crippen molar-refractivity contribution in [2.45, 2.75) is 24.8 Å². The molecule has 28 heavy (non-hydrogen) atoms. The normalized spacial score (nSPS) is 14.6. The number of amides is 1. The molecule has 0 aliphatic heterocycles. The molecule has 1 fully saturated rings. The Kier molecular flexibility index (Phi) is 8.30. The molecule has 1 aliphatic rings. The Bertz CT molecular complexity index is 852. The number of aliphatic imine (C=N–C) groups is 1. The van der Waals surface area contributed by atoms with Crippen LogP contribution in [-0.2, 0) is 12.0 Å². The molecule has 0 spiro atoms. The number of hydrogen-bond acceptors (Lipinski definition) is 2. The summed E-state index contributed by atoms with van der Waals surface area (Å²) in [5.41, 5.74) is 3.25. The first-order chi connectivity index (χ1) is 13.1. The summed E-state index contributed by atoms with van der Waals surface area (Å²) in [6.07, 6.45) is 2.36. The quantitative estimate of drug-likeness (QED) is 0.288. The van der Waals surface area contributed by atoms with Crippen LogP contribution in [0.25, 0.3) is 0 Å². The summed E-state index contributed by atoms with van der Waals surface area (Å²) in [7, 11) is 3.41. The second kappa shape index (κ2) is 10.2. The highest BCUT2D eigenvalue weighted by Crippen LogP contribution is 2.48. The number of hydrogen-bond donors (Lipinski definition) is 3. The number of nitrogens with zero attached hydrogens (tertiary/aromatic N) is 1. The number of guanidine groups is 1. The molecule has 1 amide bonds. The minimum atomic E-state index is -0.0796. The van der Waals surface area contributed by atoms with Crippen LogP contribution in [0.2, 0.25) is 0 Å². The second-order valence-electron chi connectivity index (χ2n) is 6.85. The molecule has 0 unspecified atom stereocenters. The van der Waals surface area contributed by atoms with E-state index < -0.39 is 0 Å². The lowest BCUT2D eigenvalue weighted by Gasteiger charge is -2.19. The van der Waals surface area contributed by atoms with Crippen molar-refractivity contribution in [2.75, 3.05) is 20.6 Å². The van der Waals surface area contributed by atoms with Gasteiger partial charge in [-0.3, -0.25) is 9.79 Å². The molecule has 7 heteroatoms. The number of nitrogens with one attached hydrogen (secondary N) is 3. The van der Waals surface area contributed by atoms with Crippen LogP contribution in [0.4, 0.5) is 0 Å². The van der Waals surface area contributed by atoms with Crippen LogP contribution < -0.4 is 16.0 Å². The van der Waals surface area contributed by atoms with Crippen molar-refractivity contribution in [1.82, 2.24) is 16.0 Å². The fourth-order valence-corrected chi connectivity index (χ4v) is 3.56. The van der Waals surface area contributed by atoms with Gasteiger partial charge in [0.1, 0.15) is 0 Å². The van der Waals surface area contributed by atoms with Gasteiger partial charge in [-0.15, -0.1) is 24.0 Å². The summed E-state index contributed by atoms with van der Waals surface area (Å²) < 4.78 is 1.12. The van der Waals surface area contributed by atoms with E-state index in [2.05, 4.69) is 61.1 Å². The molecule has 150 valence electrons. The first kappa shape index (κ1) is 22.7. The molecule has 0 radical (unpaired) electrons. The van der Waals surface area contributed by atoms with Crippen LogP contribution in [0, 0.1) is 0 Å². The molecule has 0 saturated heterocycles. The monoisotopic (exact) mass is 556 g/mol. The van der Waals surface area contributed by atoms with E-state index in [9.17, 15) is 4.79 Å². The van der Waals surface area contributed by atoms with Gasteiger partial charge in [-0.25, -0.2) is 0 Å². The van der Waals surface area contributed by atoms with Crippen molar-refractivity contribution in [3.8, 4) is 0 Å².